The summed E-state index contributed by atoms with van der Waals surface area (Å²) in [6, 6.07) is 17.4. The Labute approximate surface area is 176 Å². The summed E-state index contributed by atoms with van der Waals surface area (Å²) in [5.74, 6) is 0. The first kappa shape index (κ1) is 21.8. The van der Waals surface area contributed by atoms with E-state index >= 15 is 0 Å². The molecular weight excluding hydrogens is 383 g/mol. The molecule has 154 valence electrons. The zero-order valence-electron chi connectivity index (χ0n) is 17.8. The van der Waals surface area contributed by atoms with E-state index in [1.54, 1.807) is 5.30 Å². The Kier molecular flexibility index (Phi) is 7.24. The molecule has 2 aromatic rings. The molecule has 0 saturated carbocycles. The van der Waals surface area contributed by atoms with Crippen LogP contribution < -0.4 is 5.30 Å². The van der Waals surface area contributed by atoms with Crippen molar-refractivity contribution < 1.29 is 4.52 Å². The van der Waals surface area contributed by atoms with Crippen LogP contribution in [0.4, 0.5) is 0 Å². The van der Waals surface area contributed by atoms with Gasteiger partial charge in [-0.25, -0.2) is 0 Å². The molecule has 0 bridgehead atoms. The molecule has 3 heteroatoms. The first-order valence-electron chi connectivity index (χ1n) is 11.1. The van der Waals surface area contributed by atoms with Crippen LogP contribution in [-0.2, 0) is 4.52 Å². The van der Waals surface area contributed by atoms with E-state index in [1.807, 2.05) is 12.1 Å². The van der Waals surface area contributed by atoms with E-state index in [-0.39, 0.29) is 6.10 Å². The van der Waals surface area contributed by atoms with Crippen LogP contribution in [0.25, 0.3) is 0 Å². The summed E-state index contributed by atoms with van der Waals surface area (Å²) >= 11 is 6.17. The Morgan fingerprint density at radius 3 is 1.86 bits per heavy atom. The molecule has 3 rings (SSSR count). The van der Waals surface area contributed by atoms with Crippen LogP contribution in [-0.4, -0.2) is 18.5 Å². The number of halogens is 1. The zero-order valence-corrected chi connectivity index (χ0v) is 19.4. The fourth-order valence-corrected chi connectivity index (χ4v) is 12.1. The van der Waals surface area contributed by atoms with E-state index in [2.05, 4.69) is 57.2 Å². The van der Waals surface area contributed by atoms with Gasteiger partial charge in [-0.1, -0.05) is 0 Å². The molecule has 0 unspecified atom stereocenters. The van der Waals surface area contributed by atoms with Crippen LogP contribution in [0.1, 0.15) is 76.5 Å². The monoisotopic (exact) mass is 418 g/mol. The third-order valence-corrected chi connectivity index (χ3v) is 13.2. The van der Waals surface area contributed by atoms with Crippen molar-refractivity contribution >= 4 is 23.7 Å². The van der Waals surface area contributed by atoms with Crippen molar-refractivity contribution in [1.82, 2.24) is 0 Å². The first-order valence-corrected chi connectivity index (χ1v) is 14.2. The van der Waals surface area contributed by atoms with Crippen molar-refractivity contribution in [3.63, 3.8) is 0 Å². The van der Waals surface area contributed by atoms with Crippen molar-refractivity contribution in [3.8, 4) is 0 Å². The summed E-state index contributed by atoms with van der Waals surface area (Å²) in [4.78, 5) is 0. The first-order chi connectivity index (χ1) is 13.6. The number of fused-ring (bicyclic) bond motifs is 1. The van der Waals surface area contributed by atoms with Crippen LogP contribution in [0.2, 0.25) is 5.02 Å². The Bertz CT molecular complexity index is 746. The fourth-order valence-electron chi connectivity index (χ4n) is 4.92. The summed E-state index contributed by atoms with van der Waals surface area (Å²) in [5, 5.41) is 2.36. The van der Waals surface area contributed by atoms with Crippen molar-refractivity contribution in [2.45, 2.75) is 65.4 Å². The molecule has 0 amide bonds. The summed E-state index contributed by atoms with van der Waals surface area (Å²) in [5.41, 5.74) is 2.65. The Hall–Kier alpha value is -0.880. The minimum atomic E-state index is -2.46. The van der Waals surface area contributed by atoms with E-state index in [9.17, 15) is 0 Å². The average Bonchev–Trinajstić information content (AvgIpc) is 3.02. The van der Waals surface area contributed by atoms with Crippen molar-refractivity contribution in [2.75, 3.05) is 18.5 Å². The van der Waals surface area contributed by atoms with Crippen LogP contribution in [0.3, 0.4) is 0 Å². The standard InChI is InChI=1S/C25H36ClOP/c1-4-7-18-28(19-8-5-2,20-9-6-3)24-13-11-10-12-23(24)25(27-28)21-14-16-22(26)17-15-21/h10-17,25H,4-9,18-20H2,1-3H3/t25-/m0/s1. The van der Waals surface area contributed by atoms with Crippen molar-refractivity contribution in [3.05, 3.63) is 64.7 Å². The van der Waals surface area contributed by atoms with Gasteiger partial charge in [-0.15, -0.1) is 0 Å². The maximum atomic E-state index is 7.43. The average molecular weight is 419 g/mol. The Balaban J connectivity index is 2.16. The van der Waals surface area contributed by atoms with E-state index in [4.69, 9.17) is 16.1 Å². The molecule has 0 saturated heterocycles. The second kappa shape index (κ2) is 9.29. The van der Waals surface area contributed by atoms with E-state index < -0.39 is 6.83 Å². The van der Waals surface area contributed by atoms with E-state index in [0.29, 0.717) is 0 Å². The molecule has 0 radical (unpaired) electrons. The molecule has 0 fully saturated rings. The van der Waals surface area contributed by atoms with Crippen LogP contribution in [0.15, 0.2) is 48.5 Å². The molecule has 1 atom stereocenters. The quantitative estimate of drug-likeness (QED) is 0.355. The second-order valence-corrected chi connectivity index (χ2v) is 14.2. The number of rotatable bonds is 10. The fraction of sp³-hybridized carbons (Fsp3) is 0.520. The summed E-state index contributed by atoms with van der Waals surface area (Å²) in [6.45, 7) is 4.47. The molecule has 0 aliphatic carbocycles. The molecule has 28 heavy (non-hydrogen) atoms. The van der Waals surface area contributed by atoms with Gasteiger partial charge in [0.05, 0.1) is 0 Å². The minimum absolute atomic E-state index is 0.0525. The molecule has 1 aliphatic rings. The summed E-state index contributed by atoms with van der Waals surface area (Å²) in [6.07, 6.45) is 11.2. The maximum absolute atomic E-state index is 7.43. The van der Waals surface area contributed by atoms with Crippen LogP contribution in [0, 0.1) is 0 Å². The van der Waals surface area contributed by atoms with Gasteiger partial charge in [0.25, 0.3) is 0 Å². The van der Waals surface area contributed by atoms with Gasteiger partial charge in [0.2, 0.25) is 0 Å². The number of unbranched alkanes of at least 4 members (excludes halogenated alkanes) is 3. The molecule has 0 aromatic heterocycles. The van der Waals surface area contributed by atoms with Crippen molar-refractivity contribution in [2.24, 2.45) is 0 Å². The van der Waals surface area contributed by atoms with Gasteiger partial charge >= 0.3 is 177 Å². The number of hydrogen-bond donors (Lipinski definition) is 0. The predicted molar refractivity (Wildman–Crippen MR) is 127 cm³/mol. The third kappa shape index (κ3) is 4.04. The van der Waals surface area contributed by atoms with Gasteiger partial charge in [0, 0.05) is 0 Å². The van der Waals surface area contributed by atoms with E-state index in [1.165, 1.54) is 68.1 Å². The molecule has 1 nitrogen and oxygen atoms in total. The molecule has 2 aromatic carbocycles. The predicted octanol–water partition coefficient (Wildman–Crippen LogP) is 7.95. The molecular formula is C25H36ClOP. The SMILES string of the molecule is CCCCP1(CCCC)(CCCC)O[C@@H](c2ccc(Cl)cc2)c2ccccc21. The molecule has 1 heterocycles. The Morgan fingerprint density at radius 2 is 1.32 bits per heavy atom. The second-order valence-electron chi connectivity index (χ2n) is 8.45. The van der Waals surface area contributed by atoms with Gasteiger partial charge < -0.3 is 0 Å². The molecule has 0 N–H and O–H groups in total. The normalized spacial score (nSPS) is 21.0. The van der Waals surface area contributed by atoms with E-state index in [0.717, 1.165) is 5.02 Å². The zero-order chi connectivity index (χ0) is 20.1. The number of benzene rings is 2. The number of hydrogen-bond acceptors (Lipinski definition) is 1. The van der Waals surface area contributed by atoms with Gasteiger partial charge in [-0.3, -0.25) is 0 Å². The molecule has 1 aliphatic heterocycles. The van der Waals surface area contributed by atoms with Crippen LogP contribution >= 0.6 is 18.4 Å². The molecule has 0 spiro atoms. The summed E-state index contributed by atoms with van der Waals surface area (Å²) in [7, 11) is 0. The van der Waals surface area contributed by atoms with Gasteiger partial charge in [-0.05, 0) is 0 Å². The topological polar surface area (TPSA) is 9.23 Å². The van der Waals surface area contributed by atoms with Gasteiger partial charge in [-0.2, -0.15) is 0 Å². The third-order valence-electron chi connectivity index (χ3n) is 6.48. The Morgan fingerprint density at radius 1 is 0.786 bits per heavy atom. The summed E-state index contributed by atoms with van der Waals surface area (Å²) < 4.78 is 7.43. The van der Waals surface area contributed by atoms with Crippen molar-refractivity contribution in [1.29, 1.82) is 0 Å². The van der Waals surface area contributed by atoms with Gasteiger partial charge in [0.15, 0.2) is 0 Å². The van der Waals surface area contributed by atoms with Crippen LogP contribution in [0.5, 0.6) is 0 Å². The van der Waals surface area contributed by atoms with Gasteiger partial charge in [0.1, 0.15) is 0 Å².